The normalized spacial score (nSPS) is 19.2. The van der Waals surface area contributed by atoms with Crippen LogP contribution in [-0.4, -0.2) is 16.0 Å². The third kappa shape index (κ3) is 3.53. The van der Waals surface area contributed by atoms with Crippen LogP contribution in [-0.2, 0) is 4.79 Å². The van der Waals surface area contributed by atoms with Gasteiger partial charge in [-0.2, -0.15) is 0 Å². The van der Waals surface area contributed by atoms with Crippen LogP contribution in [0.4, 0.5) is 5.13 Å². The molecule has 2 N–H and O–H groups in total. The Kier molecular flexibility index (Phi) is 4.72. The topological polar surface area (TPSA) is 62.2 Å². The number of amides is 1. The SMILES string of the molecule is CC(O)c1csc(NC(=O)C2CCCCCC2)n1. The van der Waals surface area contributed by atoms with E-state index in [1.807, 2.05) is 0 Å². The fraction of sp³-hybridized carbons (Fsp3) is 0.692. The highest BCUT2D eigenvalue weighted by Gasteiger charge is 2.21. The zero-order valence-corrected chi connectivity index (χ0v) is 11.5. The molecule has 0 aromatic carbocycles. The lowest BCUT2D eigenvalue weighted by Gasteiger charge is -2.12. The van der Waals surface area contributed by atoms with Crippen LogP contribution in [0.3, 0.4) is 0 Å². The molecule has 2 rings (SSSR count). The standard InChI is InChI=1S/C13H20N2O2S/c1-9(16)11-8-18-13(14-11)15-12(17)10-6-4-2-3-5-7-10/h8-10,16H,2-7H2,1H3,(H,14,15,17). The number of hydrogen-bond acceptors (Lipinski definition) is 4. The van der Waals surface area contributed by atoms with Crippen LogP contribution in [0.2, 0.25) is 0 Å². The van der Waals surface area contributed by atoms with Gasteiger partial charge in [-0.1, -0.05) is 25.7 Å². The van der Waals surface area contributed by atoms with Gasteiger partial charge in [0.15, 0.2) is 5.13 Å². The second-order valence-electron chi connectivity index (χ2n) is 4.93. The summed E-state index contributed by atoms with van der Waals surface area (Å²) in [5.74, 6) is 0.217. The maximum absolute atomic E-state index is 12.1. The Morgan fingerprint density at radius 2 is 2.11 bits per heavy atom. The van der Waals surface area contributed by atoms with Crippen molar-refractivity contribution < 1.29 is 9.90 Å². The number of thiazole rings is 1. The molecule has 100 valence electrons. The lowest BCUT2D eigenvalue weighted by molar-refractivity contribution is -0.120. The van der Waals surface area contributed by atoms with Crippen molar-refractivity contribution in [3.8, 4) is 0 Å². The summed E-state index contributed by atoms with van der Waals surface area (Å²) in [6.07, 6.45) is 6.18. The van der Waals surface area contributed by atoms with E-state index in [2.05, 4.69) is 10.3 Å². The van der Waals surface area contributed by atoms with Crippen molar-refractivity contribution in [3.63, 3.8) is 0 Å². The number of rotatable bonds is 3. The Hall–Kier alpha value is -0.940. The van der Waals surface area contributed by atoms with E-state index in [9.17, 15) is 9.90 Å². The van der Waals surface area contributed by atoms with Gasteiger partial charge in [-0.3, -0.25) is 4.79 Å². The minimum Gasteiger partial charge on any atom is -0.387 e. The molecule has 0 spiro atoms. The van der Waals surface area contributed by atoms with Crippen LogP contribution >= 0.6 is 11.3 Å². The molecule has 1 unspecified atom stereocenters. The first kappa shape index (κ1) is 13.5. The van der Waals surface area contributed by atoms with E-state index in [0.717, 1.165) is 25.7 Å². The van der Waals surface area contributed by atoms with Gasteiger partial charge in [0.25, 0.3) is 0 Å². The summed E-state index contributed by atoms with van der Waals surface area (Å²) in [5.41, 5.74) is 0.621. The van der Waals surface area contributed by atoms with E-state index in [1.165, 1.54) is 24.2 Å². The molecule has 1 aliphatic rings. The number of aliphatic hydroxyl groups excluding tert-OH is 1. The van der Waals surface area contributed by atoms with Crippen molar-refractivity contribution in [1.29, 1.82) is 0 Å². The predicted molar refractivity (Wildman–Crippen MR) is 72.6 cm³/mol. The van der Waals surface area contributed by atoms with Gasteiger partial charge in [0.2, 0.25) is 5.91 Å². The highest BCUT2D eigenvalue weighted by molar-refractivity contribution is 7.13. The van der Waals surface area contributed by atoms with Crippen molar-refractivity contribution >= 4 is 22.4 Å². The number of hydrogen-bond donors (Lipinski definition) is 2. The first-order chi connectivity index (χ1) is 8.66. The summed E-state index contributed by atoms with van der Waals surface area (Å²) in [6.45, 7) is 1.67. The van der Waals surface area contributed by atoms with Gasteiger partial charge in [-0.15, -0.1) is 11.3 Å². The van der Waals surface area contributed by atoms with Crippen molar-refractivity contribution in [1.82, 2.24) is 4.98 Å². The van der Waals surface area contributed by atoms with E-state index in [1.54, 1.807) is 12.3 Å². The molecule has 1 aromatic rings. The Balaban J connectivity index is 1.92. The Morgan fingerprint density at radius 1 is 1.44 bits per heavy atom. The van der Waals surface area contributed by atoms with Crippen LogP contribution in [0.1, 0.15) is 57.2 Å². The zero-order valence-electron chi connectivity index (χ0n) is 10.7. The van der Waals surface area contributed by atoms with Crippen molar-refractivity contribution in [3.05, 3.63) is 11.1 Å². The van der Waals surface area contributed by atoms with Gasteiger partial charge < -0.3 is 10.4 Å². The number of nitrogens with zero attached hydrogens (tertiary/aromatic N) is 1. The van der Waals surface area contributed by atoms with E-state index in [4.69, 9.17) is 0 Å². The van der Waals surface area contributed by atoms with Crippen LogP contribution < -0.4 is 5.32 Å². The van der Waals surface area contributed by atoms with Crippen LogP contribution in [0.5, 0.6) is 0 Å². The molecule has 1 heterocycles. The van der Waals surface area contributed by atoms with Crippen molar-refractivity contribution in [2.45, 2.75) is 51.6 Å². The fourth-order valence-electron chi connectivity index (χ4n) is 2.28. The lowest BCUT2D eigenvalue weighted by atomic mass is 10.00. The molecule has 1 amide bonds. The Morgan fingerprint density at radius 3 is 2.67 bits per heavy atom. The van der Waals surface area contributed by atoms with Crippen LogP contribution in [0.25, 0.3) is 0 Å². The third-order valence-electron chi connectivity index (χ3n) is 3.41. The summed E-state index contributed by atoms with van der Waals surface area (Å²) in [7, 11) is 0. The number of nitrogens with one attached hydrogen (secondary N) is 1. The molecular weight excluding hydrogens is 248 g/mol. The van der Waals surface area contributed by atoms with Gasteiger partial charge >= 0.3 is 0 Å². The Bertz CT molecular complexity index is 395. The smallest absolute Gasteiger partial charge is 0.229 e. The van der Waals surface area contributed by atoms with Crippen molar-refractivity contribution in [2.24, 2.45) is 5.92 Å². The molecule has 1 aliphatic carbocycles. The predicted octanol–water partition coefficient (Wildman–Crippen LogP) is 3.11. The molecule has 0 aliphatic heterocycles. The molecule has 18 heavy (non-hydrogen) atoms. The largest absolute Gasteiger partial charge is 0.387 e. The minimum absolute atomic E-state index is 0.0865. The maximum atomic E-state index is 12.1. The monoisotopic (exact) mass is 268 g/mol. The first-order valence-corrected chi connectivity index (χ1v) is 7.49. The fourth-order valence-corrected chi connectivity index (χ4v) is 3.08. The molecule has 1 aromatic heterocycles. The molecule has 5 heteroatoms. The second-order valence-corrected chi connectivity index (χ2v) is 5.79. The van der Waals surface area contributed by atoms with Gasteiger partial charge in [0.1, 0.15) is 0 Å². The average molecular weight is 268 g/mol. The van der Waals surface area contributed by atoms with Gasteiger partial charge in [-0.05, 0) is 19.8 Å². The van der Waals surface area contributed by atoms with E-state index >= 15 is 0 Å². The first-order valence-electron chi connectivity index (χ1n) is 6.61. The van der Waals surface area contributed by atoms with E-state index < -0.39 is 6.10 Å². The highest BCUT2D eigenvalue weighted by atomic mass is 32.1. The molecule has 0 radical (unpaired) electrons. The highest BCUT2D eigenvalue weighted by Crippen LogP contribution is 2.25. The molecule has 1 fully saturated rings. The summed E-state index contributed by atoms with van der Waals surface area (Å²) in [4.78, 5) is 16.3. The number of aliphatic hydroxyl groups is 1. The second kappa shape index (κ2) is 6.29. The van der Waals surface area contributed by atoms with E-state index in [-0.39, 0.29) is 11.8 Å². The lowest BCUT2D eigenvalue weighted by Crippen LogP contribution is -2.22. The van der Waals surface area contributed by atoms with Crippen LogP contribution in [0.15, 0.2) is 5.38 Å². The molecule has 4 nitrogen and oxygen atoms in total. The number of anilines is 1. The number of carbonyl (C=O) groups is 1. The summed E-state index contributed by atoms with van der Waals surface area (Å²) >= 11 is 1.37. The molecule has 1 saturated carbocycles. The quantitative estimate of drug-likeness (QED) is 0.828. The maximum Gasteiger partial charge on any atom is 0.229 e. The summed E-state index contributed by atoms with van der Waals surface area (Å²) < 4.78 is 0. The summed E-state index contributed by atoms with van der Waals surface area (Å²) in [6, 6.07) is 0. The molecule has 0 saturated heterocycles. The zero-order chi connectivity index (χ0) is 13.0. The Labute approximate surface area is 111 Å². The van der Waals surface area contributed by atoms with Gasteiger partial charge in [0.05, 0.1) is 11.8 Å². The molecule has 1 atom stereocenters. The summed E-state index contributed by atoms with van der Waals surface area (Å²) in [5, 5.41) is 14.6. The molecular formula is C13H20N2O2S. The van der Waals surface area contributed by atoms with E-state index in [0.29, 0.717) is 10.8 Å². The average Bonchev–Trinajstić information content (AvgIpc) is 2.64. The van der Waals surface area contributed by atoms with Gasteiger partial charge in [-0.25, -0.2) is 4.98 Å². The molecule has 0 bridgehead atoms. The van der Waals surface area contributed by atoms with Gasteiger partial charge in [0, 0.05) is 11.3 Å². The minimum atomic E-state index is -0.579. The third-order valence-corrected chi connectivity index (χ3v) is 4.18. The van der Waals surface area contributed by atoms with Crippen molar-refractivity contribution in [2.75, 3.05) is 5.32 Å². The number of carbonyl (C=O) groups excluding carboxylic acids is 1. The van der Waals surface area contributed by atoms with Crippen LogP contribution in [0, 0.1) is 5.92 Å². The number of aromatic nitrogens is 1.